The third-order valence-electron chi connectivity index (χ3n) is 1.14. The topological polar surface area (TPSA) is 114 Å². The number of nitrogens with one attached hydrogen (secondary N) is 2. The summed E-state index contributed by atoms with van der Waals surface area (Å²) < 4.78 is 4.20. The van der Waals surface area contributed by atoms with Crippen LogP contribution in [0.4, 0.5) is 0 Å². The molecule has 0 atom stereocenters. The zero-order valence-electron chi connectivity index (χ0n) is 7.61. The van der Waals surface area contributed by atoms with E-state index in [1.807, 2.05) is 0 Å². The molecule has 0 heterocycles. The smallest absolute Gasteiger partial charge is 0.295 e. The van der Waals surface area contributed by atoms with Gasteiger partial charge in [-0.3, -0.25) is 4.74 Å². The molecule has 7 nitrogen and oxygen atoms in total. The van der Waals surface area contributed by atoms with Gasteiger partial charge in [0, 0.05) is 0 Å². The van der Waals surface area contributed by atoms with Gasteiger partial charge in [0.05, 0.1) is 13.1 Å². The summed E-state index contributed by atoms with van der Waals surface area (Å²) in [5.41, 5.74) is 0. The fourth-order valence-corrected chi connectivity index (χ4v) is 0.795. The molecule has 0 aromatic carbocycles. The van der Waals surface area contributed by atoms with Gasteiger partial charge >= 0.3 is 0 Å². The summed E-state index contributed by atoms with van der Waals surface area (Å²) in [6.45, 7) is -0.695. The van der Waals surface area contributed by atoms with Gasteiger partial charge in [-0.15, -0.1) is 0 Å². The predicted octanol–water partition coefficient (Wildman–Crippen LogP) is -3.28. The molecule has 80 valence electrons. The molecule has 13 heavy (non-hydrogen) atoms. The van der Waals surface area contributed by atoms with Crippen LogP contribution >= 0.6 is 0 Å². The van der Waals surface area contributed by atoms with Crippen molar-refractivity contribution in [3.8, 4) is 0 Å². The number of aliphatic hydroxyl groups is 4. The first kappa shape index (κ1) is 12.7. The second-order valence-electron chi connectivity index (χ2n) is 2.65. The first-order valence-electron chi connectivity index (χ1n) is 3.72. The molecule has 0 radical (unpaired) electrons. The Hall–Kier alpha value is -0.280. The van der Waals surface area contributed by atoms with Crippen LogP contribution in [0.25, 0.3) is 0 Å². The highest BCUT2D eigenvalue weighted by atomic mass is 16.9. The average Bonchev–Trinajstić information content (AvgIpc) is 1.82. The van der Waals surface area contributed by atoms with Gasteiger partial charge in [0.25, 0.3) is 11.9 Å². The SMILES string of the molecule is CNCC(O)(O)OC(O)(O)CNC. The van der Waals surface area contributed by atoms with Gasteiger partial charge in [0.15, 0.2) is 0 Å². The lowest BCUT2D eigenvalue weighted by Gasteiger charge is -2.29. The van der Waals surface area contributed by atoms with E-state index in [1.54, 1.807) is 0 Å². The molecule has 0 saturated heterocycles. The molecule has 0 spiro atoms. The minimum absolute atomic E-state index is 0.348. The van der Waals surface area contributed by atoms with Crippen molar-refractivity contribution >= 4 is 0 Å². The van der Waals surface area contributed by atoms with Gasteiger partial charge in [0.2, 0.25) is 0 Å². The van der Waals surface area contributed by atoms with Crippen molar-refractivity contribution in [2.75, 3.05) is 27.2 Å². The molecular weight excluding hydrogens is 180 g/mol. The molecule has 0 amide bonds. The molecule has 0 saturated carbocycles. The molecule has 0 unspecified atom stereocenters. The largest absolute Gasteiger partial charge is 0.342 e. The summed E-state index contributed by atoms with van der Waals surface area (Å²) >= 11 is 0. The standard InChI is InChI=1S/C6H16N2O5/c1-7-3-5(9,10)13-6(11,12)4-8-2/h7-12H,3-4H2,1-2H3. The van der Waals surface area contributed by atoms with E-state index in [0.29, 0.717) is 0 Å². The van der Waals surface area contributed by atoms with Gasteiger partial charge in [-0.1, -0.05) is 0 Å². The maximum atomic E-state index is 9.00. The molecule has 0 aliphatic rings. The quantitative estimate of drug-likeness (QED) is 0.247. The van der Waals surface area contributed by atoms with Crippen LogP contribution in [-0.2, 0) is 4.74 Å². The van der Waals surface area contributed by atoms with Crippen LogP contribution in [-0.4, -0.2) is 59.6 Å². The van der Waals surface area contributed by atoms with Crippen molar-refractivity contribution in [2.24, 2.45) is 0 Å². The van der Waals surface area contributed by atoms with E-state index >= 15 is 0 Å². The van der Waals surface area contributed by atoms with E-state index in [0.717, 1.165) is 0 Å². The number of hydrogen-bond donors (Lipinski definition) is 6. The maximum absolute atomic E-state index is 9.00. The Balaban J connectivity index is 4.07. The monoisotopic (exact) mass is 196 g/mol. The van der Waals surface area contributed by atoms with Gasteiger partial charge in [-0.2, -0.15) is 0 Å². The normalized spacial score (nSPS) is 13.4. The number of hydrogen-bond acceptors (Lipinski definition) is 7. The highest BCUT2D eigenvalue weighted by Crippen LogP contribution is 2.10. The fourth-order valence-electron chi connectivity index (χ4n) is 0.795. The molecular formula is C6H16N2O5. The zero-order chi connectivity index (χ0) is 10.5. The molecule has 0 aromatic heterocycles. The molecule has 0 bridgehead atoms. The number of likely N-dealkylation sites (N-methyl/N-ethyl adjacent to an activating group) is 2. The Morgan fingerprint density at radius 3 is 1.46 bits per heavy atom. The number of rotatable bonds is 6. The van der Waals surface area contributed by atoms with Crippen molar-refractivity contribution < 1.29 is 25.2 Å². The molecule has 7 heteroatoms. The number of ether oxygens (including phenoxy) is 1. The Morgan fingerprint density at radius 1 is 0.923 bits per heavy atom. The minimum Gasteiger partial charge on any atom is -0.342 e. The lowest BCUT2D eigenvalue weighted by Crippen LogP contribution is -2.53. The van der Waals surface area contributed by atoms with Crippen LogP contribution in [0, 0.1) is 0 Å². The van der Waals surface area contributed by atoms with Crippen molar-refractivity contribution in [3.63, 3.8) is 0 Å². The molecule has 0 aliphatic heterocycles. The van der Waals surface area contributed by atoms with Crippen LogP contribution in [0.2, 0.25) is 0 Å². The molecule has 6 N–H and O–H groups in total. The zero-order valence-corrected chi connectivity index (χ0v) is 7.61. The summed E-state index contributed by atoms with van der Waals surface area (Å²) in [4.78, 5) is 0. The lowest BCUT2D eigenvalue weighted by atomic mass is 10.5. The first-order chi connectivity index (χ1) is 5.83. The highest BCUT2D eigenvalue weighted by Gasteiger charge is 2.36. The Morgan fingerprint density at radius 2 is 1.23 bits per heavy atom. The molecule has 0 aromatic rings. The van der Waals surface area contributed by atoms with Gasteiger partial charge in [-0.25, -0.2) is 0 Å². The second kappa shape index (κ2) is 4.82. The lowest BCUT2D eigenvalue weighted by molar-refractivity contribution is -0.464. The average molecular weight is 196 g/mol. The Bertz CT molecular complexity index is 134. The van der Waals surface area contributed by atoms with Crippen LogP contribution in [0.3, 0.4) is 0 Å². The molecule has 0 fully saturated rings. The summed E-state index contributed by atoms with van der Waals surface area (Å²) in [6, 6.07) is 0. The fraction of sp³-hybridized carbons (Fsp3) is 1.00. The van der Waals surface area contributed by atoms with Crippen LogP contribution < -0.4 is 10.6 Å². The van der Waals surface area contributed by atoms with Crippen LogP contribution in [0.15, 0.2) is 0 Å². The van der Waals surface area contributed by atoms with Gasteiger partial charge in [0.1, 0.15) is 0 Å². The highest BCUT2D eigenvalue weighted by molar-refractivity contribution is 4.60. The third kappa shape index (κ3) is 5.88. The van der Waals surface area contributed by atoms with E-state index in [9.17, 15) is 0 Å². The van der Waals surface area contributed by atoms with Gasteiger partial charge < -0.3 is 31.1 Å². The Kier molecular flexibility index (Phi) is 4.71. The molecule has 0 rings (SSSR count). The summed E-state index contributed by atoms with van der Waals surface area (Å²) in [7, 11) is 2.91. The van der Waals surface area contributed by atoms with Crippen molar-refractivity contribution in [3.05, 3.63) is 0 Å². The molecule has 0 aliphatic carbocycles. The summed E-state index contributed by atoms with van der Waals surface area (Å²) in [5, 5.41) is 40.8. The maximum Gasteiger partial charge on any atom is 0.295 e. The van der Waals surface area contributed by atoms with Crippen LogP contribution in [0.5, 0.6) is 0 Å². The van der Waals surface area contributed by atoms with Crippen molar-refractivity contribution in [1.29, 1.82) is 0 Å². The van der Waals surface area contributed by atoms with Gasteiger partial charge in [-0.05, 0) is 14.1 Å². The van der Waals surface area contributed by atoms with E-state index in [4.69, 9.17) is 20.4 Å². The van der Waals surface area contributed by atoms with Crippen LogP contribution in [0.1, 0.15) is 0 Å². The van der Waals surface area contributed by atoms with E-state index in [2.05, 4.69) is 15.4 Å². The first-order valence-corrected chi connectivity index (χ1v) is 3.72. The Labute approximate surface area is 76.0 Å². The van der Waals surface area contributed by atoms with Crippen molar-refractivity contribution in [1.82, 2.24) is 10.6 Å². The summed E-state index contributed by atoms with van der Waals surface area (Å²) in [6.07, 6.45) is 0. The van der Waals surface area contributed by atoms with E-state index in [-0.39, 0.29) is 13.1 Å². The predicted molar refractivity (Wildman–Crippen MR) is 43.3 cm³/mol. The van der Waals surface area contributed by atoms with E-state index < -0.39 is 11.9 Å². The third-order valence-corrected chi connectivity index (χ3v) is 1.14. The summed E-state index contributed by atoms with van der Waals surface area (Å²) in [5.74, 6) is -5.23. The van der Waals surface area contributed by atoms with E-state index in [1.165, 1.54) is 14.1 Å². The second-order valence-corrected chi connectivity index (χ2v) is 2.65. The minimum atomic E-state index is -2.62. The van der Waals surface area contributed by atoms with Crippen molar-refractivity contribution in [2.45, 2.75) is 11.9 Å².